The first-order chi connectivity index (χ1) is 13.2. The average Bonchev–Trinajstić information content (AvgIpc) is 2.92. The van der Waals surface area contributed by atoms with E-state index in [-0.39, 0.29) is 18.7 Å². The summed E-state index contributed by atoms with van der Waals surface area (Å²) in [6.45, 7) is 1.31. The highest BCUT2D eigenvalue weighted by Gasteiger charge is 2.31. The molecule has 0 amide bonds. The normalized spacial score (nSPS) is 13.1. The molecule has 1 atom stereocenters. The molecule has 5 nitrogen and oxygen atoms in total. The number of imidazole rings is 1. The molecule has 150 valence electrons. The number of halogens is 4. The fraction of sp³-hybridized carbons (Fsp3) is 0.316. The van der Waals surface area contributed by atoms with Gasteiger partial charge in [-0.3, -0.25) is 9.13 Å². The molecule has 0 saturated carbocycles. The minimum absolute atomic E-state index is 0.0194. The van der Waals surface area contributed by atoms with Gasteiger partial charge in [0, 0.05) is 0 Å². The highest BCUT2D eigenvalue weighted by atomic mass is 35.5. The van der Waals surface area contributed by atoms with E-state index in [0.717, 1.165) is 12.1 Å². The zero-order valence-corrected chi connectivity index (χ0v) is 15.9. The number of hydrogen-bond donors (Lipinski definition) is 1. The van der Waals surface area contributed by atoms with Gasteiger partial charge in [0.2, 0.25) is 0 Å². The largest absolute Gasteiger partial charge is 0.495 e. The van der Waals surface area contributed by atoms with Gasteiger partial charge < -0.3 is 9.84 Å². The van der Waals surface area contributed by atoms with Crippen LogP contribution < -0.4 is 10.4 Å². The smallest absolute Gasteiger partial charge is 0.416 e. The molecule has 1 aromatic heterocycles. The number of ether oxygens (including phenoxy) is 1. The predicted octanol–water partition coefficient (Wildman–Crippen LogP) is 4.09. The number of rotatable bonds is 5. The highest BCUT2D eigenvalue weighted by Crippen LogP contribution is 2.32. The van der Waals surface area contributed by atoms with Crippen molar-refractivity contribution in [3.05, 3.63) is 63.0 Å². The van der Waals surface area contributed by atoms with Crippen molar-refractivity contribution in [1.29, 1.82) is 0 Å². The van der Waals surface area contributed by atoms with Gasteiger partial charge in [0.1, 0.15) is 5.75 Å². The number of aliphatic hydroxyl groups is 1. The van der Waals surface area contributed by atoms with Crippen LogP contribution in [-0.2, 0) is 12.7 Å². The van der Waals surface area contributed by atoms with Gasteiger partial charge in [0.05, 0.1) is 47.9 Å². The summed E-state index contributed by atoms with van der Waals surface area (Å²) in [6, 6.07) is 7.44. The van der Waals surface area contributed by atoms with Crippen molar-refractivity contribution in [3.63, 3.8) is 0 Å². The maximum Gasteiger partial charge on any atom is 0.416 e. The molecule has 0 aliphatic carbocycles. The SMILES string of the molecule is COc1ccc(Cn2c(=O)n([C@H](C)CO)c3ccc(C(F)(F)F)cc32)cc1Cl. The molecule has 9 heteroatoms. The standard InChI is InChI=1S/C19H18ClF3N2O3/c1-11(10-26)25-15-5-4-13(19(21,22)23)8-16(15)24(18(25)27)9-12-3-6-17(28-2)14(20)7-12/h3-8,11,26H,9-10H2,1-2H3/t11-/m1/s1. The number of alkyl halides is 3. The summed E-state index contributed by atoms with van der Waals surface area (Å²) >= 11 is 6.12. The van der Waals surface area contributed by atoms with Crippen molar-refractivity contribution in [1.82, 2.24) is 9.13 Å². The fourth-order valence-electron chi connectivity index (χ4n) is 3.11. The summed E-state index contributed by atoms with van der Waals surface area (Å²) < 4.78 is 47.2. The maximum absolute atomic E-state index is 13.2. The molecule has 0 radical (unpaired) electrons. The zero-order chi connectivity index (χ0) is 20.6. The first kappa shape index (κ1) is 20.3. The number of hydrogen-bond acceptors (Lipinski definition) is 3. The third kappa shape index (κ3) is 3.62. The molecule has 0 spiro atoms. The minimum Gasteiger partial charge on any atom is -0.495 e. The van der Waals surface area contributed by atoms with Crippen LogP contribution in [0.15, 0.2) is 41.2 Å². The Labute approximate surface area is 163 Å². The fourth-order valence-corrected chi connectivity index (χ4v) is 3.39. The lowest BCUT2D eigenvalue weighted by Gasteiger charge is -2.10. The number of nitrogens with zero attached hydrogens (tertiary/aromatic N) is 2. The summed E-state index contributed by atoms with van der Waals surface area (Å²) in [5.74, 6) is 0.452. The van der Waals surface area contributed by atoms with E-state index >= 15 is 0 Å². The minimum atomic E-state index is -4.54. The molecule has 1 heterocycles. The molecule has 0 unspecified atom stereocenters. The van der Waals surface area contributed by atoms with Crippen LogP contribution in [0.2, 0.25) is 5.02 Å². The van der Waals surface area contributed by atoms with E-state index in [1.54, 1.807) is 25.1 Å². The number of aliphatic hydroxyl groups excluding tert-OH is 1. The van der Waals surface area contributed by atoms with E-state index in [4.69, 9.17) is 16.3 Å². The molecule has 3 rings (SSSR count). The molecule has 1 N–H and O–H groups in total. The van der Waals surface area contributed by atoms with Crippen molar-refractivity contribution >= 4 is 22.6 Å². The quantitative estimate of drug-likeness (QED) is 0.684. The molecule has 0 saturated heterocycles. The molecular formula is C19H18ClF3N2O3. The molecule has 2 aromatic carbocycles. The summed E-state index contributed by atoms with van der Waals surface area (Å²) in [7, 11) is 1.47. The second-order valence-corrected chi connectivity index (χ2v) is 6.85. The van der Waals surface area contributed by atoms with E-state index < -0.39 is 23.5 Å². The lowest BCUT2D eigenvalue weighted by atomic mass is 10.1. The van der Waals surface area contributed by atoms with Crippen molar-refractivity contribution in [2.75, 3.05) is 13.7 Å². The van der Waals surface area contributed by atoms with Crippen LogP contribution in [0.3, 0.4) is 0 Å². The monoisotopic (exact) mass is 414 g/mol. The second kappa shape index (κ2) is 7.52. The first-order valence-corrected chi connectivity index (χ1v) is 8.80. The Morgan fingerprint density at radius 2 is 1.89 bits per heavy atom. The Hall–Kier alpha value is -2.45. The van der Waals surface area contributed by atoms with E-state index in [9.17, 15) is 23.1 Å². The average molecular weight is 415 g/mol. The van der Waals surface area contributed by atoms with Crippen LogP contribution in [0.5, 0.6) is 5.75 Å². The number of benzene rings is 2. The highest BCUT2D eigenvalue weighted by molar-refractivity contribution is 6.32. The molecule has 0 aliphatic rings. The molecule has 3 aromatic rings. The Bertz CT molecular complexity index is 1070. The third-order valence-corrected chi connectivity index (χ3v) is 4.85. The second-order valence-electron chi connectivity index (χ2n) is 6.44. The first-order valence-electron chi connectivity index (χ1n) is 8.42. The molecule has 28 heavy (non-hydrogen) atoms. The van der Waals surface area contributed by atoms with Crippen molar-refractivity contribution in [3.8, 4) is 5.75 Å². The summed E-state index contributed by atoms with van der Waals surface area (Å²) in [5, 5.41) is 9.80. The molecule has 0 bridgehead atoms. The van der Waals surface area contributed by atoms with Gasteiger partial charge in [-0.25, -0.2) is 4.79 Å². The Morgan fingerprint density at radius 3 is 2.46 bits per heavy atom. The van der Waals surface area contributed by atoms with Crippen LogP contribution in [-0.4, -0.2) is 28.0 Å². The summed E-state index contributed by atoms with van der Waals surface area (Å²) in [4.78, 5) is 12.9. The van der Waals surface area contributed by atoms with Crippen molar-refractivity contribution in [2.24, 2.45) is 0 Å². The lowest BCUT2D eigenvalue weighted by molar-refractivity contribution is -0.137. The predicted molar refractivity (Wildman–Crippen MR) is 100 cm³/mol. The van der Waals surface area contributed by atoms with Crippen LogP contribution in [0.4, 0.5) is 13.2 Å². The van der Waals surface area contributed by atoms with Crippen LogP contribution in [0.25, 0.3) is 11.0 Å². The van der Waals surface area contributed by atoms with Gasteiger partial charge in [-0.2, -0.15) is 13.2 Å². The van der Waals surface area contributed by atoms with E-state index in [1.807, 2.05) is 0 Å². The van der Waals surface area contributed by atoms with E-state index in [0.29, 0.717) is 21.9 Å². The van der Waals surface area contributed by atoms with Crippen LogP contribution in [0, 0.1) is 0 Å². The van der Waals surface area contributed by atoms with Crippen LogP contribution in [0.1, 0.15) is 24.1 Å². The summed E-state index contributed by atoms with van der Waals surface area (Å²) in [5.41, 5.74) is -0.287. The molecule has 0 fully saturated rings. The van der Waals surface area contributed by atoms with Gasteiger partial charge in [-0.15, -0.1) is 0 Å². The third-order valence-electron chi connectivity index (χ3n) is 4.55. The van der Waals surface area contributed by atoms with Gasteiger partial charge in [-0.1, -0.05) is 17.7 Å². The molecule has 0 aliphatic heterocycles. The number of methoxy groups -OCH3 is 1. The topological polar surface area (TPSA) is 56.4 Å². The van der Waals surface area contributed by atoms with Gasteiger partial charge in [0.25, 0.3) is 0 Å². The Balaban J connectivity index is 2.20. The van der Waals surface area contributed by atoms with Crippen LogP contribution >= 0.6 is 11.6 Å². The van der Waals surface area contributed by atoms with E-state index in [2.05, 4.69) is 0 Å². The summed E-state index contributed by atoms with van der Waals surface area (Å²) in [6.07, 6.45) is -4.54. The van der Waals surface area contributed by atoms with Gasteiger partial charge >= 0.3 is 11.9 Å². The van der Waals surface area contributed by atoms with Gasteiger partial charge in [0.15, 0.2) is 0 Å². The molecular weight excluding hydrogens is 397 g/mol. The van der Waals surface area contributed by atoms with Gasteiger partial charge in [-0.05, 0) is 42.8 Å². The zero-order valence-electron chi connectivity index (χ0n) is 15.1. The Morgan fingerprint density at radius 1 is 1.18 bits per heavy atom. The number of fused-ring (bicyclic) bond motifs is 1. The maximum atomic E-state index is 13.2. The number of aromatic nitrogens is 2. The van der Waals surface area contributed by atoms with E-state index in [1.165, 1.54) is 22.3 Å². The lowest BCUT2D eigenvalue weighted by Crippen LogP contribution is -2.28. The van der Waals surface area contributed by atoms with Crippen molar-refractivity contribution < 1.29 is 23.0 Å². The van der Waals surface area contributed by atoms with Crippen molar-refractivity contribution in [2.45, 2.75) is 25.7 Å². The Kier molecular flexibility index (Phi) is 5.45.